The molecule has 0 N–H and O–H groups in total. The second-order valence-electron chi connectivity index (χ2n) is 7.23. The zero-order valence-corrected chi connectivity index (χ0v) is 18.3. The molecule has 0 aliphatic heterocycles. The third-order valence-electron chi connectivity index (χ3n) is 4.99. The topological polar surface area (TPSA) is 86.7 Å². The summed E-state index contributed by atoms with van der Waals surface area (Å²) in [5, 5.41) is 5.25. The predicted octanol–water partition coefficient (Wildman–Crippen LogP) is 5.41. The second kappa shape index (κ2) is 9.17. The third-order valence-corrected chi connectivity index (χ3v) is 5.23. The lowest BCUT2D eigenvalue weighted by molar-refractivity contribution is 0.0701. The Morgan fingerprint density at radius 2 is 1.79 bits per heavy atom. The van der Waals surface area contributed by atoms with E-state index >= 15 is 0 Å². The van der Waals surface area contributed by atoms with Crippen LogP contribution in [0.25, 0.3) is 22.3 Å². The normalized spacial score (nSPS) is 11.2. The van der Waals surface area contributed by atoms with Gasteiger partial charge in [0.05, 0.1) is 23.4 Å². The molecular weight excluding hydrogens is 454 g/mol. The molecule has 0 aliphatic rings. The van der Waals surface area contributed by atoms with E-state index in [0.717, 1.165) is 5.56 Å². The number of fused-ring (bicyclic) bond motifs is 1. The second-order valence-corrected chi connectivity index (χ2v) is 7.67. The van der Waals surface area contributed by atoms with Crippen LogP contribution in [0, 0.1) is 0 Å². The van der Waals surface area contributed by atoms with E-state index in [1.54, 1.807) is 42.5 Å². The molecule has 166 valence electrons. The monoisotopic (exact) mass is 469 g/mol. The lowest BCUT2D eigenvalue weighted by Gasteiger charge is -2.10. The molecule has 7 nitrogen and oxygen atoms in total. The molecule has 2 heterocycles. The Morgan fingerprint density at radius 1 is 1.00 bits per heavy atom. The minimum atomic E-state index is -0.670. The van der Waals surface area contributed by atoms with Gasteiger partial charge in [0.25, 0.3) is 5.56 Å². The summed E-state index contributed by atoms with van der Waals surface area (Å²) in [6, 6.07) is 24.1. The van der Waals surface area contributed by atoms with Crippen molar-refractivity contribution in [3.63, 3.8) is 0 Å². The Hall–Kier alpha value is -4.49. The maximum absolute atomic E-state index is 13.3. The van der Waals surface area contributed by atoms with E-state index < -0.39 is 5.97 Å². The van der Waals surface area contributed by atoms with Gasteiger partial charge in [0.1, 0.15) is 5.75 Å². The van der Waals surface area contributed by atoms with Crippen LogP contribution >= 0.6 is 11.6 Å². The van der Waals surface area contributed by atoms with Crippen molar-refractivity contribution >= 4 is 34.7 Å². The van der Waals surface area contributed by atoms with Crippen molar-refractivity contribution in [2.45, 2.75) is 0 Å². The number of nitrogens with zero attached hydrogens (tertiary/aromatic N) is 3. The predicted molar refractivity (Wildman–Crippen MR) is 130 cm³/mol. The maximum atomic E-state index is 13.3. The first-order valence-corrected chi connectivity index (χ1v) is 10.6. The number of hydrogen-bond acceptors (Lipinski definition) is 6. The molecule has 34 heavy (non-hydrogen) atoms. The van der Waals surface area contributed by atoms with E-state index in [9.17, 15) is 9.59 Å². The van der Waals surface area contributed by atoms with Gasteiger partial charge in [-0.1, -0.05) is 54.1 Å². The number of benzene rings is 3. The number of furan rings is 1. The Morgan fingerprint density at radius 3 is 2.59 bits per heavy atom. The van der Waals surface area contributed by atoms with Gasteiger partial charge in [-0.25, -0.2) is 9.78 Å². The molecule has 2 aromatic heterocycles. The van der Waals surface area contributed by atoms with Crippen LogP contribution in [-0.4, -0.2) is 21.8 Å². The number of aromatic nitrogens is 2. The molecule has 0 spiro atoms. The highest BCUT2D eigenvalue weighted by molar-refractivity contribution is 6.31. The van der Waals surface area contributed by atoms with Gasteiger partial charge in [-0.15, -0.1) is 0 Å². The molecule has 0 amide bonds. The number of halogens is 1. The first kappa shape index (κ1) is 21.4. The summed E-state index contributed by atoms with van der Waals surface area (Å²) < 4.78 is 11.8. The molecule has 8 heteroatoms. The highest BCUT2D eigenvalue weighted by Crippen LogP contribution is 2.24. The smallest absolute Gasteiger partial charge is 0.379 e. The van der Waals surface area contributed by atoms with E-state index in [1.165, 1.54) is 23.2 Å². The van der Waals surface area contributed by atoms with E-state index in [2.05, 4.69) is 10.1 Å². The summed E-state index contributed by atoms with van der Waals surface area (Å²) in [7, 11) is 0. The zero-order valence-electron chi connectivity index (χ0n) is 17.6. The van der Waals surface area contributed by atoms with E-state index in [4.69, 9.17) is 20.8 Å². The molecule has 0 saturated carbocycles. The first-order chi connectivity index (χ1) is 16.6. The number of para-hydroxylation sites is 1. The van der Waals surface area contributed by atoms with Gasteiger partial charge in [-0.3, -0.25) is 4.79 Å². The van der Waals surface area contributed by atoms with Crippen LogP contribution in [0.4, 0.5) is 0 Å². The standard InChI is InChI=1S/C26H16ClN3O4/c27-19-12-13-22(34-26(32)23-11-6-14-33-23)18(15-19)16-28-30-24(17-7-2-1-3-8-17)29-21-10-5-4-9-20(21)25(30)31/h1-16H. The number of carbonyl (C=O) groups is 1. The Labute approximate surface area is 198 Å². The van der Waals surface area contributed by atoms with E-state index in [-0.39, 0.29) is 17.1 Å². The van der Waals surface area contributed by atoms with Gasteiger partial charge in [0.15, 0.2) is 5.82 Å². The molecule has 0 radical (unpaired) electrons. The van der Waals surface area contributed by atoms with Crippen LogP contribution in [0.5, 0.6) is 5.75 Å². The average molecular weight is 470 g/mol. The minimum absolute atomic E-state index is 0.0548. The Bertz CT molecular complexity index is 1580. The molecule has 0 atom stereocenters. The van der Waals surface area contributed by atoms with E-state index in [0.29, 0.717) is 27.3 Å². The van der Waals surface area contributed by atoms with Crippen molar-refractivity contribution < 1.29 is 13.9 Å². The van der Waals surface area contributed by atoms with Crippen LogP contribution in [0.2, 0.25) is 5.02 Å². The molecule has 0 aliphatic carbocycles. The first-order valence-electron chi connectivity index (χ1n) is 10.3. The summed E-state index contributed by atoms with van der Waals surface area (Å²) in [4.78, 5) is 30.3. The van der Waals surface area contributed by atoms with Crippen molar-refractivity contribution in [1.29, 1.82) is 0 Å². The van der Waals surface area contributed by atoms with E-state index in [1.807, 2.05) is 36.4 Å². The quantitative estimate of drug-likeness (QED) is 0.195. The van der Waals surface area contributed by atoms with Crippen LogP contribution in [0.15, 0.2) is 106 Å². The summed E-state index contributed by atoms with van der Waals surface area (Å²) in [5.41, 5.74) is 1.34. The Kier molecular flexibility index (Phi) is 5.76. The summed E-state index contributed by atoms with van der Waals surface area (Å²) in [6.07, 6.45) is 2.78. The van der Waals surface area contributed by atoms with Crippen LogP contribution in [-0.2, 0) is 0 Å². The number of rotatable bonds is 5. The number of ether oxygens (including phenoxy) is 1. The van der Waals surface area contributed by atoms with Gasteiger partial charge >= 0.3 is 5.97 Å². The molecule has 0 bridgehead atoms. The summed E-state index contributed by atoms with van der Waals surface area (Å²) in [5.74, 6) is -0.0371. The molecule has 0 fully saturated rings. The largest absolute Gasteiger partial charge is 0.457 e. The van der Waals surface area contributed by atoms with Gasteiger partial charge in [-0.05, 0) is 42.5 Å². The minimum Gasteiger partial charge on any atom is -0.457 e. The molecule has 0 saturated heterocycles. The van der Waals surface area contributed by atoms with Crippen molar-refractivity contribution in [3.8, 4) is 17.1 Å². The summed E-state index contributed by atoms with van der Waals surface area (Å²) in [6.45, 7) is 0. The molecular formula is C26H16ClN3O4. The number of carbonyl (C=O) groups excluding carboxylic acids is 1. The average Bonchev–Trinajstić information content (AvgIpc) is 3.41. The van der Waals surface area contributed by atoms with Crippen molar-refractivity contribution in [2.75, 3.05) is 0 Å². The molecule has 5 aromatic rings. The highest BCUT2D eigenvalue weighted by atomic mass is 35.5. The van der Waals surface area contributed by atoms with Crippen molar-refractivity contribution in [2.24, 2.45) is 5.10 Å². The third kappa shape index (κ3) is 4.24. The van der Waals surface area contributed by atoms with Crippen LogP contribution < -0.4 is 10.3 Å². The van der Waals surface area contributed by atoms with Crippen LogP contribution in [0.1, 0.15) is 16.1 Å². The molecule has 0 unspecified atom stereocenters. The fraction of sp³-hybridized carbons (Fsp3) is 0. The lowest BCUT2D eigenvalue weighted by Crippen LogP contribution is -2.20. The molecule has 3 aromatic carbocycles. The fourth-order valence-electron chi connectivity index (χ4n) is 3.38. The zero-order chi connectivity index (χ0) is 23.5. The maximum Gasteiger partial charge on any atom is 0.379 e. The van der Waals surface area contributed by atoms with Crippen LogP contribution in [0.3, 0.4) is 0 Å². The van der Waals surface area contributed by atoms with Crippen molar-refractivity contribution in [1.82, 2.24) is 9.66 Å². The summed E-state index contributed by atoms with van der Waals surface area (Å²) >= 11 is 6.17. The number of hydrogen-bond donors (Lipinski definition) is 0. The Balaban J connectivity index is 1.61. The van der Waals surface area contributed by atoms with Gasteiger partial charge < -0.3 is 9.15 Å². The fourth-order valence-corrected chi connectivity index (χ4v) is 3.56. The molecule has 5 rings (SSSR count). The van der Waals surface area contributed by atoms with Crippen molar-refractivity contribution in [3.05, 3.63) is 118 Å². The van der Waals surface area contributed by atoms with Gasteiger partial charge in [0, 0.05) is 16.1 Å². The van der Waals surface area contributed by atoms with Gasteiger partial charge in [-0.2, -0.15) is 9.78 Å². The van der Waals surface area contributed by atoms with Gasteiger partial charge in [0.2, 0.25) is 5.76 Å². The number of esters is 1. The lowest BCUT2D eigenvalue weighted by atomic mass is 10.2. The highest BCUT2D eigenvalue weighted by Gasteiger charge is 2.15. The SMILES string of the molecule is O=C(Oc1ccc(Cl)cc1C=Nn1c(-c2ccccc2)nc2ccccc2c1=O)c1ccco1.